The number of hydrogen-bond donors (Lipinski definition) is 1. The number of benzene rings is 2. The fraction of sp³-hybridized carbons (Fsp3) is 0.556. The smallest absolute Gasteiger partial charge is 0.0716 e. The van der Waals surface area contributed by atoms with E-state index in [9.17, 15) is 5.11 Å². The first-order valence-corrected chi connectivity index (χ1v) is 11.9. The second-order valence-electron chi connectivity index (χ2n) is 9.16. The van der Waals surface area contributed by atoms with Crippen molar-refractivity contribution in [3.8, 4) is 0 Å². The number of likely N-dealkylation sites (tertiary alicyclic amines) is 1. The minimum absolute atomic E-state index is 0.155. The predicted molar refractivity (Wildman–Crippen MR) is 122 cm³/mol. The lowest BCUT2D eigenvalue weighted by Crippen LogP contribution is -2.41. The summed E-state index contributed by atoms with van der Waals surface area (Å²) in [5.41, 5.74) is 2.52. The average Bonchev–Trinajstić information content (AvgIpc) is 3.29. The molecular formula is C27H37NO2. The fourth-order valence-electron chi connectivity index (χ4n) is 5.66. The molecule has 1 aliphatic carbocycles. The van der Waals surface area contributed by atoms with Crippen LogP contribution in [-0.4, -0.2) is 35.8 Å². The van der Waals surface area contributed by atoms with Crippen LogP contribution in [0.2, 0.25) is 0 Å². The van der Waals surface area contributed by atoms with Crippen LogP contribution in [0.5, 0.6) is 0 Å². The Bertz CT molecular complexity index is 727. The van der Waals surface area contributed by atoms with Gasteiger partial charge in [-0.25, -0.2) is 0 Å². The summed E-state index contributed by atoms with van der Waals surface area (Å²) in [6.07, 6.45) is 9.07. The van der Waals surface area contributed by atoms with Gasteiger partial charge in [0.2, 0.25) is 0 Å². The topological polar surface area (TPSA) is 32.7 Å². The van der Waals surface area contributed by atoms with Gasteiger partial charge in [0.15, 0.2) is 0 Å². The Hall–Kier alpha value is -1.68. The summed E-state index contributed by atoms with van der Waals surface area (Å²) in [7, 11) is 0. The first-order chi connectivity index (χ1) is 14.8. The molecule has 162 valence electrons. The van der Waals surface area contributed by atoms with Crippen molar-refractivity contribution in [1.82, 2.24) is 4.90 Å². The number of rotatable bonds is 9. The highest BCUT2D eigenvalue weighted by Gasteiger charge is 2.37. The van der Waals surface area contributed by atoms with Crippen LogP contribution in [0.25, 0.3) is 0 Å². The monoisotopic (exact) mass is 407 g/mol. The Morgan fingerprint density at radius 2 is 1.60 bits per heavy atom. The van der Waals surface area contributed by atoms with Gasteiger partial charge in [-0.05, 0) is 61.6 Å². The zero-order valence-electron chi connectivity index (χ0n) is 18.2. The second kappa shape index (κ2) is 11.1. The van der Waals surface area contributed by atoms with Crippen LogP contribution in [0.1, 0.15) is 62.1 Å². The summed E-state index contributed by atoms with van der Waals surface area (Å²) in [6.45, 7) is 2.95. The van der Waals surface area contributed by atoms with Crippen molar-refractivity contribution in [1.29, 1.82) is 0 Å². The zero-order chi connectivity index (χ0) is 20.6. The van der Waals surface area contributed by atoms with E-state index in [4.69, 9.17) is 4.74 Å². The molecule has 1 saturated carbocycles. The Kier molecular flexibility index (Phi) is 7.96. The van der Waals surface area contributed by atoms with Crippen LogP contribution in [0.3, 0.4) is 0 Å². The molecule has 0 spiro atoms. The van der Waals surface area contributed by atoms with Crippen LogP contribution < -0.4 is 0 Å². The second-order valence-corrected chi connectivity index (χ2v) is 9.16. The van der Waals surface area contributed by atoms with Crippen molar-refractivity contribution in [3.05, 3.63) is 71.8 Å². The predicted octanol–water partition coefficient (Wildman–Crippen LogP) is 5.60. The quantitative estimate of drug-likeness (QED) is 0.549. The first kappa shape index (κ1) is 21.5. The van der Waals surface area contributed by atoms with Gasteiger partial charge in [0.25, 0.3) is 0 Å². The van der Waals surface area contributed by atoms with Gasteiger partial charge >= 0.3 is 0 Å². The van der Waals surface area contributed by atoms with Gasteiger partial charge in [-0.1, -0.05) is 73.5 Å². The van der Waals surface area contributed by atoms with Crippen LogP contribution in [0, 0.1) is 11.8 Å². The summed E-state index contributed by atoms with van der Waals surface area (Å²) in [5.74, 6) is 1.60. The average molecular weight is 408 g/mol. The molecule has 1 heterocycles. The number of ether oxygens (including phenoxy) is 1. The van der Waals surface area contributed by atoms with Gasteiger partial charge in [-0.2, -0.15) is 0 Å². The number of aliphatic hydroxyl groups is 1. The SMILES string of the molecule is OCC(c1ccccc1)N1CCC[C@@H]1C1CCC(CCOCc2ccccc2)CC1. The minimum Gasteiger partial charge on any atom is -0.394 e. The van der Waals surface area contributed by atoms with Crippen molar-refractivity contribution < 1.29 is 9.84 Å². The molecule has 3 nitrogen and oxygen atoms in total. The van der Waals surface area contributed by atoms with E-state index in [1.807, 2.05) is 0 Å². The Morgan fingerprint density at radius 1 is 0.900 bits per heavy atom. The third-order valence-corrected chi connectivity index (χ3v) is 7.32. The van der Waals surface area contributed by atoms with E-state index in [0.29, 0.717) is 6.04 Å². The van der Waals surface area contributed by atoms with E-state index in [1.54, 1.807) is 0 Å². The molecule has 1 saturated heterocycles. The van der Waals surface area contributed by atoms with Gasteiger partial charge in [-0.15, -0.1) is 0 Å². The molecule has 0 aromatic heterocycles. The summed E-state index contributed by atoms with van der Waals surface area (Å²) in [5, 5.41) is 10.1. The van der Waals surface area contributed by atoms with E-state index in [0.717, 1.165) is 31.6 Å². The molecule has 2 aliphatic rings. The lowest BCUT2D eigenvalue weighted by atomic mass is 9.76. The molecule has 2 fully saturated rings. The van der Waals surface area contributed by atoms with Crippen molar-refractivity contribution in [3.63, 3.8) is 0 Å². The van der Waals surface area contributed by atoms with Crippen LogP contribution in [-0.2, 0) is 11.3 Å². The maximum atomic E-state index is 10.1. The first-order valence-electron chi connectivity index (χ1n) is 11.9. The van der Waals surface area contributed by atoms with Crippen LogP contribution in [0.15, 0.2) is 60.7 Å². The lowest BCUT2D eigenvalue weighted by Gasteiger charge is -2.40. The molecule has 0 amide bonds. The van der Waals surface area contributed by atoms with Crippen molar-refractivity contribution in [2.24, 2.45) is 11.8 Å². The molecule has 0 radical (unpaired) electrons. The summed E-state index contributed by atoms with van der Waals surface area (Å²) in [4.78, 5) is 2.61. The lowest BCUT2D eigenvalue weighted by molar-refractivity contribution is 0.0600. The third kappa shape index (κ3) is 5.51. The fourth-order valence-corrected chi connectivity index (χ4v) is 5.66. The van der Waals surface area contributed by atoms with Crippen molar-refractivity contribution in [2.75, 3.05) is 19.8 Å². The summed E-state index contributed by atoms with van der Waals surface area (Å²) < 4.78 is 5.93. The molecular weight excluding hydrogens is 370 g/mol. The highest BCUT2D eigenvalue weighted by Crippen LogP contribution is 2.40. The zero-order valence-corrected chi connectivity index (χ0v) is 18.2. The maximum Gasteiger partial charge on any atom is 0.0716 e. The molecule has 2 aromatic carbocycles. The third-order valence-electron chi connectivity index (χ3n) is 7.32. The van der Waals surface area contributed by atoms with Gasteiger partial charge in [0.05, 0.1) is 19.3 Å². The highest BCUT2D eigenvalue weighted by atomic mass is 16.5. The van der Waals surface area contributed by atoms with Gasteiger partial charge < -0.3 is 9.84 Å². The van der Waals surface area contributed by atoms with E-state index < -0.39 is 0 Å². The van der Waals surface area contributed by atoms with E-state index in [2.05, 4.69) is 65.6 Å². The molecule has 1 unspecified atom stereocenters. The van der Waals surface area contributed by atoms with E-state index in [-0.39, 0.29) is 12.6 Å². The standard InChI is InChI=1S/C27H37NO2/c29-20-27(24-10-5-2-6-11-24)28-18-7-12-26(28)25-15-13-22(14-16-25)17-19-30-21-23-8-3-1-4-9-23/h1-6,8-11,22,25-27,29H,7,12-21H2/t22?,25?,26-,27?/m1/s1. The van der Waals surface area contributed by atoms with E-state index >= 15 is 0 Å². The maximum absolute atomic E-state index is 10.1. The molecule has 4 rings (SSSR count). The molecule has 1 N–H and O–H groups in total. The normalized spacial score (nSPS) is 26.0. The molecule has 2 atom stereocenters. The largest absolute Gasteiger partial charge is 0.394 e. The van der Waals surface area contributed by atoms with Gasteiger partial charge in [-0.3, -0.25) is 4.90 Å². The van der Waals surface area contributed by atoms with Crippen LogP contribution in [0.4, 0.5) is 0 Å². The summed E-state index contributed by atoms with van der Waals surface area (Å²) >= 11 is 0. The van der Waals surface area contributed by atoms with E-state index in [1.165, 1.54) is 56.1 Å². The van der Waals surface area contributed by atoms with Gasteiger partial charge in [0.1, 0.15) is 0 Å². The number of nitrogens with zero attached hydrogens (tertiary/aromatic N) is 1. The van der Waals surface area contributed by atoms with Crippen molar-refractivity contribution in [2.45, 2.75) is 63.6 Å². The summed E-state index contributed by atoms with van der Waals surface area (Å²) in [6, 6.07) is 21.8. The van der Waals surface area contributed by atoms with Crippen LogP contribution >= 0.6 is 0 Å². The minimum atomic E-state index is 0.155. The van der Waals surface area contributed by atoms with Crippen molar-refractivity contribution >= 4 is 0 Å². The highest BCUT2D eigenvalue weighted by molar-refractivity contribution is 5.20. The number of hydrogen-bond acceptors (Lipinski definition) is 3. The Balaban J connectivity index is 1.23. The molecule has 0 bridgehead atoms. The number of aliphatic hydroxyl groups excluding tert-OH is 1. The molecule has 3 heteroatoms. The molecule has 1 aliphatic heterocycles. The Labute approximate surface area is 182 Å². The molecule has 2 aromatic rings. The molecule has 30 heavy (non-hydrogen) atoms. The Morgan fingerprint density at radius 3 is 2.30 bits per heavy atom. The van der Waals surface area contributed by atoms with Gasteiger partial charge in [0, 0.05) is 12.6 Å².